The molecule has 0 saturated heterocycles. The molecule has 0 fully saturated rings. The standard InChI is InChI=1S/C27H36BN3O5/c1-5-31(27(2,3)4)25(32)23(19-29)17-22-13-9-12-21(16-22)14-15-36-26(33)30-24(28(34)35)18-20-10-7-6-8-11-20/h6-13,16,23-24,34-35H,5,14-15,17-18H2,1-4H3,(H,30,33)/t23?,24-/m0/s1. The molecule has 1 unspecified atom stereocenters. The van der Waals surface area contributed by atoms with Crippen LogP contribution in [-0.4, -0.2) is 58.7 Å². The molecular weight excluding hydrogens is 457 g/mol. The molecule has 0 aliphatic carbocycles. The number of alkyl carbamates (subject to hydrolysis) is 1. The van der Waals surface area contributed by atoms with Crippen molar-refractivity contribution >= 4 is 19.1 Å². The van der Waals surface area contributed by atoms with Crippen LogP contribution in [0.4, 0.5) is 4.79 Å². The molecule has 0 saturated carbocycles. The normalized spacial score (nSPS) is 12.7. The number of hydrogen-bond donors (Lipinski definition) is 3. The first-order valence-corrected chi connectivity index (χ1v) is 12.2. The minimum Gasteiger partial charge on any atom is -0.449 e. The Hall–Kier alpha value is -3.35. The van der Waals surface area contributed by atoms with Crippen LogP contribution in [0.25, 0.3) is 0 Å². The monoisotopic (exact) mass is 493 g/mol. The number of nitrogens with zero attached hydrogens (tertiary/aromatic N) is 2. The van der Waals surface area contributed by atoms with E-state index in [2.05, 4.69) is 11.4 Å². The lowest BCUT2D eigenvalue weighted by atomic mass is 9.76. The first kappa shape index (κ1) is 28.9. The number of hydrogen-bond acceptors (Lipinski definition) is 6. The fraction of sp³-hybridized carbons (Fsp3) is 0.444. The van der Waals surface area contributed by atoms with Gasteiger partial charge in [-0.2, -0.15) is 5.26 Å². The fourth-order valence-corrected chi connectivity index (χ4v) is 4.04. The van der Waals surface area contributed by atoms with Crippen molar-refractivity contribution in [2.45, 2.75) is 58.4 Å². The minimum atomic E-state index is -1.73. The number of benzene rings is 2. The zero-order valence-corrected chi connectivity index (χ0v) is 21.5. The zero-order valence-electron chi connectivity index (χ0n) is 21.5. The molecule has 0 spiro atoms. The second kappa shape index (κ2) is 13.7. The number of amides is 2. The van der Waals surface area contributed by atoms with Gasteiger partial charge in [-0.25, -0.2) is 4.79 Å². The molecule has 0 aromatic heterocycles. The van der Waals surface area contributed by atoms with Crippen molar-refractivity contribution < 1.29 is 24.4 Å². The Kier molecular flexibility index (Phi) is 11.0. The Balaban J connectivity index is 1.91. The van der Waals surface area contributed by atoms with Crippen molar-refractivity contribution in [2.24, 2.45) is 5.92 Å². The zero-order chi connectivity index (χ0) is 26.7. The molecule has 0 bridgehead atoms. The topological polar surface area (TPSA) is 123 Å². The van der Waals surface area contributed by atoms with Crippen LogP contribution in [0.5, 0.6) is 0 Å². The molecule has 0 aliphatic heterocycles. The lowest BCUT2D eigenvalue weighted by molar-refractivity contribution is -0.138. The van der Waals surface area contributed by atoms with E-state index in [0.29, 0.717) is 19.4 Å². The van der Waals surface area contributed by atoms with Gasteiger partial charge in [0.05, 0.1) is 18.6 Å². The van der Waals surface area contributed by atoms with Gasteiger partial charge in [-0.15, -0.1) is 0 Å². The SMILES string of the molecule is CCN(C(=O)C(C#N)Cc1cccc(CCOC(=O)N[C@@H](Cc2ccccc2)B(O)O)c1)C(C)(C)C. The maximum atomic E-state index is 12.9. The average Bonchev–Trinajstić information content (AvgIpc) is 2.82. The quantitative estimate of drug-likeness (QED) is 0.414. The van der Waals surface area contributed by atoms with Gasteiger partial charge in [-0.05, 0) is 57.2 Å². The van der Waals surface area contributed by atoms with Crippen molar-refractivity contribution in [3.8, 4) is 6.07 Å². The fourth-order valence-electron chi connectivity index (χ4n) is 4.04. The van der Waals surface area contributed by atoms with E-state index < -0.39 is 25.1 Å². The molecule has 2 aromatic carbocycles. The molecule has 0 radical (unpaired) electrons. The second-order valence-electron chi connectivity index (χ2n) is 9.70. The van der Waals surface area contributed by atoms with Crippen LogP contribution in [0.1, 0.15) is 44.4 Å². The van der Waals surface area contributed by atoms with E-state index in [1.165, 1.54) is 0 Å². The molecule has 2 aromatic rings. The van der Waals surface area contributed by atoms with Crippen LogP contribution in [0.15, 0.2) is 54.6 Å². The summed E-state index contributed by atoms with van der Waals surface area (Å²) in [4.78, 5) is 26.9. The lowest BCUT2D eigenvalue weighted by Gasteiger charge is -2.36. The molecule has 192 valence electrons. The maximum Gasteiger partial charge on any atom is 0.475 e. The summed E-state index contributed by atoms with van der Waals surface area (Å²) >= 11 is 0. The highest BCUT2D eigenvalue weighted by atomic mass is 16.5. The first-order chi connectivity index (χ1) is 17.0. The summed E-state index contributed by atoms with van der Waals surface area (Å²) in [7, 11) is -1.73. The number of carbonyl (C=O) groups excluding carboxylic acids is 2. The van der Waals surface area contributed by atoms with Crippen molar-refractivity contribution in [3.63, 3.8) is 0 Å². The highest BCUT2D eigenvalue weighted by molar-refractivity contribution is 6.43. The third-order valence-corrected chi connectivity index (χ3v) is 5.86. The van der Waals surface area contributed by atoms with E-state index in [1.54, 1.807) is 4.90 Å². The highest BCUT2D eigenvalue weighted by Gasteiger charge is 2.31. The predicted octanol–water partition coefficient (Wildman–Crippen LogP) is 2.91. The number of nitrogens with one attached hydrogen (secondary N) is 1. The molecule has 2 amide bonds. The molecular formula is C27H36BN3O5. The summed E-state index contributed by atoms with van der Waals surface area (Å²) < 4.78 is 5.24. The second-order valence-corrected chi connectivity index (χ2v) is 9.70. The van der Waals surface area contributed by atoms with Gasteiger partial charge in [-0.1, -0.05) is 54.6 Å². The van der Waals surface area contributed by atoms with Gasteiger partial charge in [0.1, 0.15) is 5.92 Å². The Morgan fingerprint density at radius 3 is 2.28 bits per heavy atom. The van der Waals surface area contributed by atoms with E-state index in [4.69, 9.17) is 4.74 Å². The van der Waals surface area contributed by atoms with Gasteiger partial charge in [0, 0.05) is 18.5 Å². The maximum absolute atomic E-state index is 12.9. The number of nitriles is 1. The van der Waals surface area contributed by atoms with E-state index in [-0.39, 0.29) is 24.5 Å². The van der Waals surface area contributed by atoms with Crippen LogP contribution in [0.3, 0.4) is 0 Å². The van der Waals surface area contributed by atoms with E-state index in [9.17, 15) is 24.9 Å². The van der Waals surface area contributed by atoms with Gasteiger partial charge in [0.15, 0.2) is 0 Å². The molecule has 9 heteroatoms. The van der Waals surface area contributed by atoms with Gasteiger partial charge >= 0.3 is 13.2 Å². The van der Waals surface area contributed by atoms with Crippen LogP contribution in [-0.2, 0) is 28.8 Å². The number of rotatable bonds is 11. The Morgan fingerprint density at radius 1 is 1.06 bits per heavy atom. The van der Waals surface area contributed by atoms with E-state index in [1.807, 2.05) is 82.3 Å². The summed E-state index contributed by atoms with van der Waals surface area (Å²) in [6, 6.07) is 18.9. The van der Waals surface area contributed by atoms with Crippen molar-refractivity contribution in [3.05, 3.63) is 71.3 Å². The van der Waals surface area contributed by atoms with Crippen LogP contribution < -0.4 is 5.32 Å². The summed E-state index contributed by atoms with van der Waals surface area (Å²) in [6.45, 7) is 8.36. The summed E-state index contributed by atoms with van der Waals surface area (Å²) in [5.74, 6) is -1.87. The average molecular weight is 493 g/mol. The van der Waals surface area contributed by atoms with Gasteiger partial charge in [0.2, 0.25) is 5.91 Å². The summed E-state index contributed by atoms with van der Waals surface area (Å²) in [6.07, 6.45) is 0.240. The Bertz CT molecular complexity index is 1030. The van der Waals surface area contributed by atoms with Crippen molar-refractivity contribution in [1.82, 2.24) is 10.2 Å². The smallest absolute Gasteiger partial charge is 0.449 e. The molecule has 8 nitrogen and oxygen atoms in total. The molecule has 2 atom stereocenters. The predicted molar refractivity (Wildman–Crippen MR) is 139 cm³/mol. The molecule has 0 heterocycles. The molecule has 3 N–H and O–H groups in total. The van der Waals surface area contributed by atoms with Crippen LogP contribution in [0.2, 0.25) is 0 Å². The third-order valence-electron chi connectivity index (χ3n) is 5.86. The largest absolute Gasteiger partial charge is 0.475 e. The highest BCUT2D eigenvalue weighted by Crippen LogP contribution is 2.19. The molecule has 36 heavy (non-hydrogen) atoms. The number of carbonyl (C=O) groups is 2. The Morgan fingerprint density at radius 2 is 1.69 bits per heavy atom. The third kappa shape index (κ3) is 9.02. The van der Waals surface area contributed by atoms with E-state index >= 15 is 0 Å². The van der Waals surface area contributed by atoms with Gasteiger partial charge in [-0.3, -0.25) is 4.79 Å². The summed E-state index contributed by atoms with van der Waals surface area (Å²) in [5, 5.41) is 31.4. The first-order valence-electron chi connectivity index (χ1n) is 12.2. The van der Waals surface area contributed by atoms with Gasteiger partial charge in [0.25, 0.3) is 0 Å². The molecule has 2 rings (SSSR count). The van der Waals surface area contributed by atoms with Gasteiger partial charge < -0.3 is 25.0 Å². The lowest BCUT2D eigenvalue weighted by Crippen LogP contribution is -2.48. The van der Waals surface area contributed by atoms with Crippen molar-refractivity contribution in [2.75, 3.05) is 13.2 Å². The van der Waals surface area contributed by atoms with E-state index in [0.717, 1.165) is 16.7 Å². The number of ether oxygens (including phenoxy) is 1. The summed E-state index contributed by atoms with van der Waals surface area (Å²) in [5.41, 5.74) is 2.24. The molecule has 0 aliphatic rings. The van der Waals surface area contributed by atoms with Crippen molar-refractivity contribution in [1.29, 1.82) is 5.26 Å². The van der Waals surface area contributed by atoms with Crippen LogP contribution in [0, 0.1) is 17.2 Å². The van der Waals surface area contributed by atoms with Crippen LogP contribution >= 0.6 is 0 Å². The minimum absolute atomic E-state index is 0.0864. The Labute approximate surface area is 214 Å².